The first-order valence-corrected chi connectivity index (χ1v) is 6.26. The Kier molecular flexibility index (Phi) is 6.90. The van der Waals surface area contributed by atoms with E-state index in [0.717, 1.165) is 11.7 Å². The van der Waals surface area contributed by atoms with Crippen molar-refractivity contribution in [2.24, 2.45) is 5.41 Å². The molecule has 0 aliphatic heterocycles. The van der Waals surface area contributed by atoms with Crippen LogP contribution in [0.1, 0.15) is 53.9 Å². The van der Waals surface area contributed by atoms with Gasteiger partial charge in [0.15, 0.2) is 5.11 Å². The summed E-state index contributed by atoms with van der Waals surface area (Å²) in [7, 11) is 0. The molecule has 0 fully saturated rings. The molecule has 2 N–H and O–H groups in total. The van der Waals surface area contributed by atoms with Crippen LogP contribution in [0, 0.1) is 5.41 Å². The van der Waals surface area contributed by atoms with Crippen LogP contribution in [0.4, 0.5) is 0 Å². The summed E-state index contributed by atoms with van der Waals surface area (Å²) >= 11 is 5.13. The second-order valence-electron chi connectivity index (χ2n) is 5.57. The third-order valence-corrected chi connectivity index (χ3v) is 2.32. The third-order valence-electron chi connectivity index (χ3n) is 2.06. The molecule has 15 heavy (non-hydrogen) atoms. The normalized spacial score (nSPS) is 11.6. The van der Waals surface area contributed by atoms with Gasteiger partial charge in [0.1, 0.15) is 0 Å². The molecule has 90 valence electrons. The minimum atomic E-state index is 0.416. The topological polar surface area (TPSA) is 24.1 Å². The van der Waals surface area contributed by atoms with Crippen LogP contribution in [0.3, 0.4) is 0 Å². The largest absolute Gasteiger partial charge is 0.363 e. The predicted octanol–water partition coefficient (Wildman–Crippen LogP) is 3.08. The molecule has 0 rings (SSSR count). The highest BCUT2D eigenvalue weighted by Gasteiger charge is 2.08. The van der Waals surface area contributed by atoms with Gasteiger partial charge < -0.3 is 10.6 Å². The van der Waals surface area contributed by atoms with Gasteiger partial charge in [-0.3, -0.25) is 0 Å². The first-order valence-electron chi connectivity index (χ1n) is 5.85. The van der Waals surface area contributed by atoms with Gasteiger partial charge in [-0.2, -0.15) is 0 Å². The molecule has 0 heterocycles. The first kappa shape index (κ1) is 14.7. The second-order valence-corrected chi connectivity index (χ2v) is 5.98. The monoisotopic (exact) mass is 230 g/mol. The molecule has 0 spiro atoms. The Balaban J connectivity index is 3.35. The van der Waals surface area contributed by atoms with Crippen LogP contribution >= 0.6 is 12.2 Å². The zero-order valence-corrected chi connectivity index (χ0v) is 11.6. The molecule has 0 aromatic carbocycles. The number of thiocarbonyl (C=S) groups is 1. The summed E-state index contributed by atoms with van der Waals surface area (Å²) in [6.07, 6.45) is 3.73. The Hall–Kier alpha value is -0.310. The fraction of sp³-hybridized carbons (Fsp3) is 0.917. The Morgan fingerprint density at radius 3 is 2.27 bits per heavy atom. The molecule has 0 aliphatic carbocycles. The van der Waals surface area contributed by atoms with Gasteiger partial charge in [0.25, 0.3) is 0 Å². The van der Waals surface area contributed by atoms with Crippen LogP contribution in [0.2, 0.25) is 0 Å². The Morgan fingerprint density at radius 1 is 1.20 bits per heavy atom. The third kappa shape index (κ3) is 11.6. The lowest BCUT2D eigenvalue weighted by Gasteiger charge is -2.18. The number of unbranched alkanes of at least 4 members (excludes halogenated alkanes) is 1. The van der Waals surface area contributed by atoms with E-state index in [2.05, 4.69) is 45.3 Å². The van der Waals surface area contributed by atoms with E-state index in [0.29, 0.717) is 11.5 Å². The number of hydrogen-bond acceptors (Lipinski definition) is 1. The van der Waals surface area contributed by atoms with Gasteiger partial charge in [0.05, 0.1) is 0 Å². The zero-order chi connectivity index (χ0) is 11.9. The van der Waals surface area contributed by atoms with E-state index >= 15 is 0 Å². The van der Waals surface area contributed by atoms with Gasteiger partial charge in [-0.1, -0.05) is 27.2 Å². The fourth-order valence-electron chi connectivity index (χ4n) is 1.30. The van der Waals surface area contributed by atoms with Crippen LogP contribution in [0.5, 0.6) is 0 Å². The Labute approximate surface area is 100 Å². The highest BCUT2D eigenvalue weighted by molar-refractivity contribution is 7.80. The Morgan fingerprint density at radius 2 is 1.80 bits per heavy atom. The van der Waals surface area contributed by atoms with Gasteiger partial charge in [0.2, 0.25) is 0 Å². The highest BCUT2D eigenvalue weighted by atomic mass is 32.1. The summed E-state index contributed by atoms with van der Waals surface area (Å²) < 4.78 is 0. The summed E-state index contributed by atoms with van der Waals surface area (Å²) in [4.78, 5) is 0. The van der Waals surface area contributed by atoms with Crippen molar-refractivity contribution in [3.05, 3.63) is 0 Å². The molecule has 0 saturated carbocycles. The molecule has 0 aromatic rings. The molecule has 0 bridgehead atoms. The van der Waals surface area contributed by atoms with E-state index < -0.39 is 0 Å². The maximum Gasteiger partial charge on any atom is 0.166 e. The van der Waals surface area contributed by atoms with Crippen molar-refractivity contribution < 1.29 is 0 Å². The van der Waals surface area contributed by atoms with E-state index in [1.807, 2.05) is 0 Å². The van der Waals surface area contributed by atoms with Crippen LogP contribution in [-0.2, 0) is 0 Å². The fourth-order valence-corrected chi connectivity index (χ4v) is 1.63. The van der Waals surface area contributed by atoms with Crippen LogP contribution in [0.25, 0.3) is 0 Å². The summed E-state index contributed by atoms with van der Waals surface area (Å²) in [5.74, 6) is 0. The molecule has 0 saturated heterocycles. The van der Waals surface area contributed by atoms with Crippen molar-refractivity contribution in [1.82, 2.24) is 10.6 Å². The average Bonchev–Trinajstić information content (AvgIpc) is 1.99. The SMILES string of the molecule is CC(C)NC(=S)NCCCCC(C)(C)C. The number of nitrogens with one attached hydrogen (secondary N) is 2. The van der Waals surface area contributed by atoms with Gasteiger partial charge >= 0.3 is 0 Å². The predicted molar refractivity (Wildman–Crippen MR) is 72.2 cm³/mol. The lowest BCUT2D eigenvalue weighted by atomic mass is 9.90. The first-order chi connectivity index (χ1) is 6.81. The van der Waals surface area contributed by atoms with Crippen molar-refractivity contribution in [1.29, 1.82) is 0 Å². The number of hydrogen-bond donors (Lipinski definition) is 2. The summed E-state index contributed by atoms with van der Waals surface area (Å²) in [6.45, 7) is 12.0. The van der Waals surface area contributed by atoms with E-state index in [1.165, 1.54) is 19.3 Å². The number of rotatable bonds is 5. The van der Waals surface area contributed by atoms with Gasteiger partial charge in [-0.15, -0.1) is 0 Å². The minimum Gasteiger partial charge on any atom is -0.363 e. The lowest BCUT2D eigenvalue weighted by molar-refractivity contribution is 0.360. The molecule has 0 aliphatic rings. The maximum absolute atomic E-state index is 5.13. The highest BCUT2D eigenvalue weighted by Crippen LogP contribution is 2.20. The summed E-state index contributed by atoms with van der Waals surface area (Å²) in [5.41, 5.74) is 0.455. The zero-order valence-electron chi connectivity index (χ0n) is 10.8. The van der Waals surface area contributed by atoms with Gasteiger partial charge in [-0.25, -0.2) is 0 Å². The van der Waals surface area contributed by atoms with Crippen LogP contribution in [-0.4, -0.2) is 17.7 Å². The molecule has 0 atom stereocenters. The Bertz CT molecular complexity index is 183. The van der Waals surface area contributed by atoms with Crippen molar-refractivity contribution >= 4 is 17.3 Å². The molecular formula is C12H26N2S. The van der Waals surface area contributed by atoms with Crippen molar-refractivity contribution in [3.63, 3.8) is 0 Å². The van der Waals surface area contributed by atoms with Crippen molar-refractivity contribution in [3.8, 4) is 0 Å². The minimum absolute atomic E-state index is 0.416. The average molecular weight is 230 g/mol. The smallest absolute Gasteiger partial charge is 0.166 e. The molecule has 3 heteroatoms. The molecule has 0 unspecified atom stereocenters. The van der Waals surface area contributed by atoms with E-state index in [1.54, 1.807) is 0 Å². The summed E-state index contributed by atoms with van der Waals surface area (Å²) in [6, 6.07) is 0.416. The lowest BCUT2D eigenvalue weighted by Crippen LogP contribution is -2.39. The van der Waals surface area contributed by atoms with Crippen molar-refractivity contribution in [2.75, 3.05) is 6.54 Å². The van der Waals surface area contributed by atoms with Crippen molar-refractivity contribution in [2.45, 2.75) is 59.9 Å². The molecule has 2 nitrogen and oxygen atoms in total. The quantitative estimate of drug-likeness (QED) is 0.561. The van der Waals surface area contributed by atoms with E-state index in [-0.39, 0.29) is 0 Å². The van der Waals surface area contributed by atoms with Crippen LogP contribution < -0.4 is 10.6 Å². The molecule has 0 radical (unpaired) electrons. The standard InChI is InChI=1S/C12H26N2S/c1-10(2)14-11(15)13-9-7-6-8-12(3,4)5/h10H,6-9H2,1-5H3,(H2,13,14,15). The molecular weight excluding hydrogens is 204 g/mol. The van der Waals surface area contributed by atoms with E-state index in [4.69, 9.17) is 12.2 Å². The second kappa shape index (κ2) is 7.04. The van der Waals surface area contributed by atoms with E-state index in [9.17, 15) is 0 Å². The van der Waals surface area contributed by atoms with Gasteiger partial charge in [-0.05, 0) is 44.3 Å². The molecule has 0 amide bonds. The van der Waals surface area contributed by atoms with Crippen LogP contribution in [0.15, 0.2) is 0 Å². The van der Waals surface area contributed by atoms with Gasteiger partial charge in [0, 0.05) is 12.6 Å². The molecule has 0 aromatic heterocycles. The summed E-state index contributed by atoms with van der Waals surface area (Å²) in [5, 5.41) is 7.17. The maximum atomic E-state index is 5.13.